The van der Waals surface area contributed by atoms with Gasteiger partial charge in [0.15, 0.2) is 5.76 Å². The largest absolute Gasteiger partial charge is 0.468 e. The van der Waals surface area contributed by atoms with Gasteiger partial charge in [0.1, 0.15) is 0 Å². The van der Waals surface area contributed by atoms with Crippen molar-refractivity contribution in [3.8, 4) is 5.95 Å². The smallest absolute Gasteiger partial charge is 0.300 e. The van der Waals surface area contributed by atoms with Crippen molar-refractivity contribution in [2.75, 3.05) is 7.11 Å². The lowest BCUT2D eigenvalue weighted by Gasteiger charge is -2.05. The predicted molar refractivity (Wildman–Crippen MR) is 71.1 cm³/mol. The van der Waals surface area contributed by atoms with Crippen molar-refractivity contribution in [1.29, 1.82) is 0 Å². The minimum atomic E-state index is -3.92. The highest BCUT2D eigenvalue weighted by Crippen LogP contribution is 2.16. The summed E-state index contributed by atoms with van der Waals surface area (Å²) < 4.78 is 35.7. The molecule has 0 bridgehead atoms. The normalized spacial score (nSPS) is 11.1. The van der Waals surface area contributed by atoms with Crippen molar-refractivity contribution in [1.82, 2.24) is 4.72 Å². The summed E-state index contributed by atoms with van der Waals surface area (Å²) in [5.74, 6) is -0.866. The van der Waals surface area contributed by atoms with Gasteiger partial charge in [-0.25, -0.2) is 13.1 Å². The molecule has 0 saturated heterocycles. The van der Waals surface area contributed by atoms with Gasteiger partial charge in [0.05, 0.1) is 12.0 Å². The van der Waals surface area contributed by atoms with Crippen molar-refractivity contribution < 1.29 is 22.4 Å². The molecular formula is C13H13NO5S. The van der Waals surface area contributed by atoms with E-state index in [-0.39, 0.29) is 16.6 Å². The fraction of sp³-hybridized carbons (Fsp3) is 0.154. The van der Waals surface area contributed by atoms with E-state index >= 15 is 0 Å². The minimum Gasteiger partial charge on any atom is -0.468 e. The zero-order valence-electron chi connectivity index (χ0n) is 10.9. The first-order chi connectivity index (χ1) is 9.42. The van der Waals surface area contributed by atoms with E-state index < -0.39 is 15.9 Å². The van der Waals surface area contributed by atoms with Crippen LogP contribution in [0, 0.1) is 6.92 Å². The van der Waals surface area contributed by atoms with Crippen LogP contribution >= 0.6 is 0 Å². The number of methoxy groups -OCH3 is 1. The van der Waals surface area contributed by atoms with Gasteiger partial charge < -0.3 is 9.15 Å². The van der Waals surface area contributed by atoms with Gasteiger partial charge in [-0.15, -0.1) is 0 Å². The summed E-state index contributed by atoms with van der Waals surface area (Å²) in [6, 6.07) is 8.90. The number of sulfonamides is 1. The Morgan fingerprint density at radius 2 is 1.80 bits per heavy atom. The highest BCUT2D eigenvalue weighted by molar-refractivity contribution is 7.90. The van der Waals surface area contributed by atoms with Crippen molar-refractivity contribution in [2.24, 2.45) is 0 Å². The molecule has 6 nitrogen and oxygen atoms in total. The second-order valence-corrected chi connectivity index (χ2v) is 5.75. The highest BCUT2D eigenvalue weighted by Gasteiger charge is 2.20. The predicted octanol–water partition coefficient (Wildman–Crippen LogP) is 1.72. The molecule has 0 fully saturated rings. The Bertz CT molecular complexity index is 715. The van der Waals surface area contributed by atoms with E-state index in [1.165, 1.54) is 31.4 Å². The average molecular weight is 295 g/mol. The molecule has 0 spiro atoms. The number of carbonyl (C=O) groups excluding carboxylic acids is 1. The molecule has 1 aromatic carbocycles. The van der Waals surface area contributed by atoms with Crippen LogP contribution in [0.2, 0.25) is 0 Å². The molecule has 20 heavy (non-hydrogen) atoms. The molecule has 0 atom stereocenters. The maximum atomic E-state index is 12.0. The third-order valence-electron chi connectivity index (χ3n) is 2.56. The molecule has 0 unspecified atom stereocenters. The lowest BCUT2D eigenvalue weighted by Crippen LogP contribution is -2.30. The summed E-state index contributed by atoms with van der Waals surface area (Å²) in [6.07, 6.45) is 0. The Morgan fingerprint density at radius 1 is 1.15 bits per heavy atom. The highest BCUT2D eigenvalue weighted by atomic mass is 32.2. The van der Waals surface area contributed by atoms with Gasteiger partial charge in [0.2, 0.25) is 0 Å². The van der Waals surface area contributed by atoms with Crippen LogP contribution in [0.25, 0.3) is 0 Å². The van der Waals surface area contributed by atoms with E-state index in [0.717, 1.165) is 5.56 Å². The Kier molecular flexibility index (Phi) is 3.80. The number of hydrogen-bond acceptors (Lipinski definition) is 5. The quantitative estimate of drug-likeness (QED) is 0.928. The molecular weight excluding hydrogens is 282 g/mol. The number of benzene rings is 1. The Hall–Kier alpha value is -2.28. The third-order valence-corrected chi connectivity index (χ3v) is 3.91. The van der Waals surface area contributed by atoms with Gasteiger partial charge >= 0.3 is 5.91 Å². The zero-order chi connectivity index (χ0) is 14.8. The van der Waals surface area contributed by atoms with Gasteiger partial charge in [-0.3, -0.25) is 4.79 Å². The minimum absolute atomic E-state index is 0.00923. The SMILES string of the molecule is COc1ccc(C(=O)NS(=O)(=O)c2ccc(C)cc2)o1. The van der Waals surface area contributed by atoms with Crippen molar-refractivity contribution >= 4 is 15.9 Å². The van der Waals surface area contributed by atoms with Crippen LogP contribution < -0.4 is 9.46 Å². The summed E-state index contributed by atoms with van der Waals surface area (Å²) in [5, 5.41) is 0. The number of furan rings is 1. The molecule has 0 radical (unpaired) electrons. The van der Waals surface area contributed by atoms with Crippen LogP contribution in [0.3, 0.4) is 0 Å². The first-order valence-electron chi connectivity index (χ1n) is 5.70. The lowest BCUT2D eigenvalue weighted by molar-refractivity contribution is 0.0948. The maximum Gasteiger partial charge on any atom is 0.300 e. The topological polar surface area (TPSA) is 85.6 Å². The summed E-state index contributed by atoms with van der Waals surface area (Å²) in [4.78, 5) is 11.8. The van der Waals surface area contributed by atoms with E-state index in [1.807, 2.05) is 11.6 Å². The lowest BCUT2D eigenvalue weighted by atomic mass is 10.2. The van der Waals surface area contributed by atoms with Crippen molar-refractivity contribution in [3.63, 3.8) is 0 Å². The summed E-state index contributed by atoms with van der Waals surface area (Å²) in [6.45, 7) is 1.84. The number of carbonyl (C=O) groups is 1. The average Bonchev–Trinajstić information content (AvgIpc) is 2.87. The molecule has 1 heterocycles. The van der Waals surface area contributed by atoms with E-state index in [1.54, 1.807) is 12.1 Å². The molecule has 7 heteroatoms. The standard InChI is InChI=1S/C13H13NO5S/c1-9-3-5-10(6-4-9)20(16,17)14-13(15)11-7-8-12(18-2)19-11/h3-8H,1-2H3,(H,14,15). The molecule has 1 aromatic heterocycles. The van der Waals surface area contributed by atoms with Crippen LogP contribution in [0.5, 0.6) is 5.95 Å². The van der Waals surface area contributed by atoms with E-state index in [4.69, 9.17) is 9.15 Å². The Balaban J connectivity index is 2.19. The zero-order valence-corrected chi connectivity index (χ0v) is 11.7. The fourth-order valence-corrected chi connectivity index (χ4v) is 2.46. The summed E-state index contributed by atoms with van der Waals surface area (Å²) >= 11 is 0. The van der Waals surface area contributed by atoms with Crippen molar-refractivity contribution in [3.05, 3.63) is 47.7 Å². The molecule has 0 aliphatic carbocycles. The van der Waals surface area contributed by atoms with Crippen molar-refractivity contribution in [2.45, 2.75) is 11.8 Å². The van der Waals surface area contributed by atoms with Crippen LogP contribution in [0.1, 0.15) is 16.1 Å². The third kappa shape index (κ3) is 3.00. The van der Waals surface area contributed by atoms with E-state index in [9.17, 15) is 13.2 Å². The molecule has 2 rings (SSSR count). The fourth-order valence-electron chi connectivity index (χ4n) is 1.50. The number of hydrogen-bond donors (Lipinski definition) is 1. The summed E-state index contributed by atoms with van der Waals surface area (Å²) in [5.41, 5.74) is 0.922. The van der Waals surface area contributed by atoms with Gasteiger partial charge in [-0.05, 0) is 25.1 Å². The van der Waals surface area contributed by atoms with Crippen LogP contribution in [-0.4, -0.2) is 21.4 Å². The molecule has 1 N–H and O–H groups in total. The second kappa shape index (κ2) is 5.38. The van der Waals surface area contributed by atoms with Crippen LogP contribution in [-0.2, 0) is 10.0 Å². The number of nitrogens with one attached hydrogen (secondary N) is 1. The number of rotatable bonds is 4. The summed E-state index contributed by atoms with van der Waals surface area (Å²) in [7, 11) is -2.54. The molecule has 0 saturated carbocycles. The second-order valence-electron chi connectivity index (χ2n) is 4.07. The number of aryl methyl sites for hydroxylation is 1. The molecule has 1 amide bonds. The monoisotopic (exact) mass is 295 g/mol. The van der Waals surface area contributed by atoms with E-state index in [2.05, 4.69) is 0 Å². The number of ether oxygens (including phenoxy) is 1. The van der Waals surface area contributed by atoms with Gasteiger partial charge in [0, 0.05) is 6.07 Å². The first-order valence-corrected chi connectivity index (χ1v) is 7.18. The molecule has 2 aromatic rings. The van der Waals surface area contributed by atoms with Gasteiger partial charge in [-0.2, -0.15) is 0 Å². The molecule has 0 aliphatic rings. The first kappa shape index (κ1) is 14.1. The molecule has 0 aliphatic heterocycles. The van der Waals surface area contributed by atoms with Gasteiger partial charge in [-0.1, -0.05) is 17.7 Å². The van der Waals surface area contributed by atoms with Gasteiger partial charge in [0.25, 0.3) is 16.0 Å². The Labute approximate surface area is 116 Å². The number of amides is 1. The van der Waals surface area contributed by atoms with E-state index in [0.29, 0.717) is 0 Å². The van der Waals surface area contributed by atoms with Crippen LogP contribution in [0.15, 0.2) is 45.7 Å². The Morgan fingerprint density at radius 3 is 2.35 bits per heavy atom. The van der Waals surface area contributed by atoms with Crippen LogP contribution in [0.4, 0.5) is 0 Å². The maximum absolute atomic E-state index is 12.0. The molecule has 106 valence electrons.